The van der Waals surface area contributed by atoms with Crippen LogP contribution in [0.2, 0.25) is 0 Å². The predicted octanol–water partition coefficient (Wildman–Crippen LogP) is 5.92. The van der Waals surface area contributed by atoms with E-state index in [2.05, 4.69) is 44.7 Å². The van der Waals surface area contributed by atoms with Crippen molar-refractivity contribution in [1.82, 2.24) is 0 Å². The molecule has 0 aromatic heterocycles. The van der Waals surface area contributed by atoms with E-state index in [1.54, 1.807) is 0 Å². The van der Waals surface area contributed by atoms with Crippen LogP contribution in [0.25, 0.3) is 0 Å². The molecule has 0 fully saturated rings. The van der Waals surface area contributed by atoms with Crippen LogP contribution in [0.4, 0.5) is 0 Å². The summed E-state index contributed by atoms with van der Waals surface area (Å²) < 4.78 is 0. The summed E-state index contributed by atoms with van der Waals surface area (Å²) in [5.74, 6) is 0.760. The zero-order chi connectivity index (χ0) is 17.3. The third-order valence-corrected chi connectivity index (χ3v) is 5.71. The lowest BCUT2D eigenvalue weighted by Crippen LogP contribution is -2.19. The number of Topliss-reactive ketones (excluding diaryl/α,β-unsaturated/α-hetero) is 1. The van der Waals surface area contributed by atoms with Crippen molar-refractivity contribution in [2.45, 2.75) is 45.4 Å². The maximum absolute atomic E-state index is 13.0. The Balaban J connectivity index is 1.86. The summed E-state index contributed by atoms with van der Waals surface area (Å²) in [5, 5.41) is 0. The van der Waals surface area contributed by atoms with Gasteiger partial charge in [-0.3, -0.25) is 4.79 Å². The minimum absolute atomic E-state index is 0.0347. The molecule has 0 N–H and O–H groups in total. The van der Waals surface area contributed by atoms with E-state index in [4.69, 9.17) is 0 Å². The lowest BCUT2D eigenvalue weighted by Gasteiger charge is -2.26. The Labute approximate surface area is 145 Å². The van der Waals surface area contributed by atoms with Gasteiger partial charge < -0.3 is 0 Å². The minimum Gasteiger partial charge on any atom is -0.294 e. The molecule has 24 heavy (non-hydrogen) atoms. The van der Waals surface area contributed by atoms with Gasteiger partial charge in [-0.15, -0.1) is 0 Å². The van der Waals surface area contributed by atoms with Crippen molar-refractivity contribution in [3.05, 3.63) is 82.9 Å². The first-order chi connectivity index (χ1) is 11.5. The third-order valence-electron chi connectivity index (χ3n) is 5.71. The molecule has 0 spiro atoms. The van der Waals surface area contributed by atoms with E-state index < -0.39 is 0 Å². The van der Waals surface area contributed by atoms with Crippen LogP contribution in [0.5, 0.6) is 0 Å². The summed E-state index contributed by atoms with van der Waals surface area (Å²) >= 11 is 0. The van der Waals surface area contributed by atoms with Crippen LogP contribution >= 0.6 is 0 Å². The van der Waals surface area contributed by atoms with Crippen molar-refractivity contribution in [2.75, 3.05) is 0 Å². The monoisotopic (exact) mass is 318 g/mol. The molecule has 124 valence electrons. The van der Waals surface area contributed by atoms with E-state index in [0.29, 0.717) is 5.92 Å². The van der Waals surface area contributed by atoms with Crippen LogP contribution in [-0.2, 0) is 6.42 Å². The second-order valence-electron chi connectivity index (χ2n) is 7.15. The quantitative estimate of drug-likeness (QED) is 0.505. The maximum atomic E-state index is 13.0. The van der Waals surface area contributed by atoms with Gasteiger partial charge in [-0.05, 0) is 41.5 Å². The first-order valence-electron chi connectivity index (χ1n) is 8.88. The fourth-order valence-electron chi connectivity index (χ4n) is 3.65. The molecule has 2 aromatic carbocycles. The average Bonchev–Trinajstić information content (AvgIpc) is 2.63. The Bertz CT molecular complexity index is 757. The number of hydrogen-bond donors (Lipinski definition) is 0. The number of hydrogen-bond acceptors (Lipinski definition) is 1. The van der Waals surface area contributed by atoms with Crippen molar-refractivity contribution in [3.63, 3.8) is 0 Å². The molecule has 1 nitrogen and oxygen atoms in total. The van der Waals surface area contributed by atoms with E-state index in [0.717, 1.165) is 18.4 Å². The minimum atomic E-state index is -0.0347. The molecule has 0 amide bonds. The van der Waals surface area contributed by atoms with Crippen molar-refractivity contribution in [3.8, 4) is 0 Å². The summed E-state index contributed by atoms with van der Waals surface area (Å²) in [5.41, 5.74) is 5.99. The van der Waals surface area contributed by atoms with Crippen LogP contribution < -0.4 is 0 Å². The van der Waals surface area contributed by atoms with Gasteiger partial charge in [-0.2, -0.15) is 0 Å². The van der Waals surface area contributed by atoms with Gasteiger partial charge in [0.25, 0.3) is 0 Å². The number of allylic oxidation sites excluding steroid dienone is 1. The molecule has 3 rings (SSSR count). The van der Waals surface area contributed by atoms with Crippen LogP contribution in [0.15, 0.2) is 60.7 Å². The largest absolute Gasteiger partial charge is 0.294 e. The van der Waals surface area contributed by atoms with Gasteiger partial charge in [0.05, 0.1) is 0 Å². The highest BCUT2D eigenvalue weighted by molar-refractivity contribution is 5.98. The van der Waals surface area contributed by atoms with Gasteiger partial charge >= 0.3 is 0 Å². The molecule has 0 radical (unpaired) electrons. The standard InChI is InChI=1S/C23H26O/c1-15-10-11-20-12-13-21(14-22(20)16(15)2)23(24)18(4)17(3)19-8-6-5-7-9-19/h5-9,12-14,16-18H,1,10-11H2,2-4H3. The van der Waals surface area contributed by atoms with E-state index in [-0.39, 0.29) is 17.6 Å². The Morgan fingerprint density at radius 3 is 2.50 bits per heavy atom. The van der Waals surface area contributed by atoms with Crippen LogP contribution in [0.1, 0.15) is 66.1 Å². The number of benzene rings is 2. The van der Waals surface area contributed by atoms with E-state index >= 15 is 0 Å². The summed E-state index contributed by atoms with van der Waals surface area (Å²) in [4.78, 5) is 13.0. The number of carbonyl (C=O) groups is 1. The van der Waals surface area contributed by atoms with Crippen molar-refractivity contribution in [2.24, 2.45) is 5.92 Å². The molecule has 1 aliphatic carbocycles. The highest BCUT2D eigenvalue weighted by Gasteiger charge is 2.25. The van der Waals surface area contributed by atoms with Gasteiger partial charge in [0.15, 0.2) is 5.78 Å². The SMILES string of the molecule is C=C1CCc2ccc(C(=O)C(C)C(C)c3ccccc3)cc2C1C. The van der Waals surface area contributed by atoms with E-state index in [1.165, 1.54) is 22.3 Å². The molecule has 0 saturated heterocycles. The summed E-state index contributed by atoms with van der Waals surface area (Å²) in [6, 6.07) is 16.6. The first kappa shape index (κ1) is 16.7. The van der Waals surface area contributed by atoms with Gasteiger partial charge in [-0.1, -0.05) is 75.4 Å². The molecular formula is C23H26O. The second-order valence-corrected chi connectivity index (χ2v) is 7.15. The fraction of sp³-hybridized carbons (Fsp3) is 0.348. The summed E-state index contributed by atoms with van der Waals surface area (Å²) in [6.07, 6.45) is 2.10. The first-order valence-corrected chi connectivity index (χ1v) is 8.88. The van der Waals surface area contributed by atoms with Gasteiger partial charge in [0, 0.05) is 17.4 Å². The van der Waals surface area contributed by atoms with Crippen LogP contribution in [-0.4, -0.2) is 5.78 Å². The molecule has 1 aliphatic rings. The van der Waals surface area contributed by atoms with Gasteiger partial charge in [-0.25, -0.2) is 0 Å². The lowest BCUT2D eigenvalue weighted by molar-refractivity contribution is 0.0915. The zero-order valence-electron chi connectivity index (χ0n) is 14.9. The molecule has 3 unspecified atom stereocenters. The molecule has 1 heteroatoms. The van der Waals surface area contributed by atoms with Crippen LogP contribution in [0, 0.1) is 5.92 Å². The number of carbonyl (C=O) groups excluding carboxylic acids is 1. The zero-order valence-corrected chi connectivity index (χ0v) is 14.9. The molecule has 0 heterocycles. The number of fused-ring (bicyclic) bond motifs is 1. The summed E-state index contributed by atoms with van der Waals surface area (Å²) in [6.45, 7) is 10.6. The molecule has 0 aliphatic heterocycles. The van der Waals surface area contributed by atoms with E-state index in [9.17, 15) is 4.79 Å². The summed E-state index contributed by atoms with van der Waals surface area (Å²) in [7, 11) is 0. The van der Waals surface area contributed by atoms with E-state index in [1.807, 2.05) is 31.2 Å². The maximum Gasteiger partial charge on any atom is 0.166 e. The molecule has 2 aromatic rings. The number of rotatable bonds is 4. The molecular weight excluding hydrogens is 292 g/mol. The average molecular weight is 318 g/mol. The van der Waals surface area contributed by atoms with Crippen molar-refractivity contribution < 1.29 is 4.79 Å². The Morgan fingerprint density at radius 1 is 1.08 bits per heavy atom. The predicted molar refractivity (Wildman–Crippen MR) is 101 cm³/mol. The molecule has 0 saturated carbocycles. The Morgan fingerprint density at radius 2 is 1.79 bits per heavy atom. The third kappa shape index (κ3) is 3.08. The highest BCUT2D eigenvalue weighted by Crippen LogP contribution is 2.36. The van der Waals surface area contributed by atoms with Crippen LogP contribution in [0.3, 0.4) is 0 Å². The second kappa shape index (κ2) is 6.76. The van der Waals surface area contributed by atoms with Crippen molar-refractivity contribution >= 4 is 5.78 Å². The lowest BCUT2D eigenvalue weighted by atomic mass is 9.78. The number of aryl methyl sites for hydroxylation is 1. The molecule has 3 atom stereocenters. The Hall–Kier alpha value is -2.15. The fourth-order valence-corrected chi connectivity index (χ4v) is 3.65. The van der Waals surface area contributed by atoms with Gasteiger partial charge in [0.1, 0.15) is 0 Å². The van der Waals surface area contributed by atoms with Crippen molar-refractivity contribution in [1.29, 1.82) is 0 Å². The Kier molecular flexibility index (Phi) is 4.71. The smallest absolute Gasteiger partial charge is 0.166 e. The van der Waals surface area contributed by atoms with Gasteiger partial charge in [0.2, 0.25) is 0 Å². The topological polar surface area (TPSA) is 17.1 Å². The molecule has 0 bridgehead atoms. The number of ketones is 1. The normalized spacial score (nSPS) is 19.5. The highest BCUT2D eigenvalue weighted by atomic mass is 16.1.